The van der Waals surface area contributed by atoms with Crippen molar-refractivity contribution in [1.82, 2.24) is 10.2 Å². The fourth-order valence-corrected chi connectivity index (χ4v) is 4.00. The van der Waals surface area contributed by atoms with Crippen LogP contribution in [0.3, 0.4) is 0 Å². The predicted octanol–water partition coefficient (Wildman–Crippen LogP) is 6.28. The molecule has 2 N–H and O–H groups in total. The lowest BCUT2D eigenvalue weighted by molar-refractivity contribution is -0.383. The molecule has 176 valence electrons. The summed E-state index contributed by atoms with van der Waals surface area (Å²) in [4.78, 5) is 16.0. The van der Waals surface area contributed by atoms with Gasteiger partial charge in [0.25, 0.3) is 5.69 Å². The van der Waals surface area contributed by atoms with Crippen LogP contribution >= 0.6 is 11.6 Å². The zero-order valence-electron chi connectivity index (χ0n) is 17.4. The Labute approximate surface area is 199 Å². The van der Waals surface area contributed by atoms with Crippen molar-refractivity contribution in [1.29, 1.82) is 0 Å². The number of benzene rings is 3. The van der Waals surface area contributed by atoms with Crippen LogP contribution in [0.4, 0.5) is 24.5 Å². The Kier molecular flexibility index (Phi) is 5.40. The minimum atomic E-state index is -4.81. The molecular formula is C23H13ClF3N5O3. The van der Waals surface area contributed by atoms with Crippen molar-refractivity contribution in [2.45, 2.75) is 6.36 Å². The predicted molar refractivity (Wildman–Crippen MR) is 125 cm³/mol. The van der Waals surface area contributed by atoms with Crippen LogP contribution in [0.1, 0.15) is 16.7 Å². The van der Waals surface area contributed by atoms with Gasteiger partial charge in [-0.3, -0.25) is 15.2 Å². The molecule has 0 atom stereocenters. The standard InChI is InChI=1S/C23H13ClF3N5O3/c24-17-4-2-1-3-14(17)21-15-9-19(32(33)34)22-16(10-29-31-22)20(15)28-11-18(30-21)12-5-7-13(8-6-12)35-23(25,26)27/h1-11,28H,(H,29,31). The summed E-state index contributed by atoms with van der Waals surface area (Å²) in [6, 6.07) is 13.4. The molecule has 35 heavy (non-hydrogen) atoms. The number of aromatic nitrogens is 2. The molecule has 0 radical (unpaired) electrons. The molecule has 2 heterocycles. The van der Waals surface area contributed by atoms with E-state index in [2.05, 4.69) is 20.3 Å². The van der Waals surface area contributed by atoms with Crippen molar-refractivity contribution in [2.75, 3.05) is 5.32 Å². The first-order chi connectivity index (χ1) is 16.7. The number of hydrogen-bond donors (Lipinski definition) is 2. The average Bonchev–Trinajstić information content (AvgIpc) is 3.21. The van der Waals surface area contributed by atoms with E-state index in [-0.39, 0.29) is 17.0 Å². The van der Waals surface area contributed by atoms with Gasteiger partial charge in [0.1, 0.15) is 11.3 Å². The third kappa shape index (κ3) is 4.28. The van der Waals surface area contributed by atoms with Crippen LogP contribution in [-0.2, 0) is 0 Å². The van der Waals surface area contributed by atoms with Crippen LogP contribution in [0.5, 0.6) is 5.75 Å². The average molecular weight is 500 g/mol. The van der Waals surface area contributed by atoms with Crippen LogP contribution in [0.25, 0.3) is 16.6 Å². The molecule has 4 aromatic rings. The molecule has 5 rings (SSSR count). The first kappa shape index (κ1) is 22.4. The van der Waals surface area contributed by atoms with Gasteiger partial charge < -0.3 is 10.1 Å². The van der Waals surface area contributed by atoms with E-state index in [4.69, 9.17) is 16.6 Å². The second kappa shape index (κ2) is 8.44. The molecule has 0 saturated heterocycles. The van der Waals surface area contributed by atoms with E-state index in [0.29, 0.717) is 44.2 Å². The summed E-state index contributed by atoms with van der Waals surface area (Å²) < 4.78 is 41.5. The molecule has 0 bridgehead atoms. The molecule has 8 nitrogen and oxygen atoms in total. The zero-order chi connectivity index (χ0) is 24.7. The van der Waals surface area contributed by atoms with E-state index in [1.54, 1.807) is 30.5 Å². The Balaban J connectivity index is 1.70. The van der Waals surface area contributed by atoms with Crippen molar-refractivity contribution in [3.8, 4) is 5.75 Å². The van der Waals surface area contributed by atoms with Gasteiger partial charge in [-0.2, -0.15) is 5.10 Å². The van der Waals surface area contributed by atoms with Crippen LogP contribution in [0.2, 0.25) is 5.02 Å². The molecule has 3 aromatic carbocycles. The summed E-state index contributed by atoms with van der Waals surface area (Å²) in [6.07, 6.45) is -1.80. The molecule has 0 unspecified atom stereocenters. The number of nitro benzene ring substituents is 1. The Morgan fingerprint density at radius 1 is 1.06 bits per heavy atom. The fourth-order valence-electron chi connectivity index (χ4n) is 3.77. The first-order valence-electron chi connectivity index (χ1n) is 10.0. The second-order valence-corrected chi connectivity index (χ2v) is 7.83. The Bertz CT molecular complexity index is 1530. The summed E-state index contributed by atoms with van der Waals surface area (Å²) in [5.74, 6) is -0.377. The molecule has 0 amide bonds. The SMILES string of the molecule is O=[N+]([O-])c1cc2c(c3cn[nH]c13)NC=C(c1ccc(OC(F)(F)F)cc1)N=C2c1ccccc1Cl. The molecule has 12 heteroatoms. The van der Waals surface area contributed by atoms with Gasteiger partial charge in [-0.1, -0.05) is 29.8 Å². The number of anilines is 1. The van der Waals surface area contributed by atoms with E-state index in [1.165, 1.54) is 36.5 Å². The summed E-state index contributed by atoms with van der Waals surface area (Å²) >= 11 is 6.46. The van der Waals surface area contributed by atoms with E-state index in [1.807, 2.05) is 0 Å². The second-order valence-electron chi connectivity index (χ2n) is 7.42. The van der Waals surface area contributed by atoms with Crippen molar-refractivity contribution in [2.24, 2.45) is 4.99 Å². The number of H-pyrrole nitrogens is 1. The molecule has 0 aliphatic carbocycles. The maximum absolute atomic E-state index is 12.5. The van der Waals surface area contributed by atoms with Gasteiger partial charge in [-0.15, -0.1) is 13.2 Å². The number of rotatable bonds is 4. The van der Waals surface area contributed by atoms with Gasteiger partial charge in [0.15, 0.2) is 0 Å². The van der Waals surface area contributed by atoms with Crippen LogP contribution in [0.15, 0.2) is 72.0 Å². The summed E-state index contributed by atoms with van der Waals surface area (Å²) in [5.41, 5.74) is 2.62. The number of nitrogens with one attached hydrogen (secondary N) is 2. The molecule has 1 aromatic heterocycles. The molecule has 1 aliphatic rings. The highest BCUT2D eigenvalue weighted by molar-refractivity contribution is 6.36. The van der Waals surface area contributed by atoms with Gasteiger partial charge in [-0.25, -0.2) is 4.99 Å². The van der Waals surface area contributed by atoms with Crippen molar-refractivity contribution in [3.05, 3.63) is 98.8 Å². The lowest BCUT2D eigenvalue weighted by Crippen LogP contribution is -2.17. The number of nitro groups is 1. The van der Waals surface area contributed by atoms with Gasteiger partial charge in [0.2, 0.25) is 0 Å². The van der Waals surface area contributed by atoms with Gasteiger partial charge in [0, 0.05) is 34.0 Å². The molecular weight excluding hydrogens is 487 g/mol. The number of aliphatic imine (C=N–C) groups is 1. The lowest BCUT2D eigenvalue weighted by Gasteiger charge is -2.13. The Morgan fingerprint density at radius 3 is 2.49 bits per heavy atom. The van der Waals surface area contributed by atoms with Crippen LogP contribution < -0.4 is 10.1 Å². The zero-order valence-corrected chi connectivity index (χ0v) is 18.2. The number of fused-ring (bicyclic) bond motifs is 3. The fraction of sp³-hybridized carbons (Fsp3) is 0.0435. The lowest BCUT2D eigenvalue weighted by atomic mass is 9.97. The van der Waals surface area contributed by atoms with Gasteiger partial charge >= 0.3 is 6.36 Å². The van der Waals surface area contributed by atoms with Gasteiger partial charge in [0.05, 0.1) is 33.6 Å². The van der Waals surface area contributed by atoms with E-state index in [0.717, 1.165) is 0 Å². The number of nitrogens with zero attached hydrogens (tertiary/aromatic N) is 3. The van der Waals surface area contributed by atoms with Crippen molar-refractivity contribution < 1.29 is 22.8 Å². The van der Waals surface area contributed by atoms with E-state index in [9.17, 15) is 23.3 Å². The summed E-state index contributed by atoms with van der Waals surface area (Å²) in [6.45, 7) is 0. The highest BCUT2D eigenvalue weighted by Crippen LogP contribution is 2.38. The van der Waals surface area contributed by atoms with Gasteiger partial charge in [-0.05, 0) is 30.3 Å². The largest absolute Gasteiger partial charge is 0.573 e. The number of hydrogen-bond acceptors (Lipinski definition) is 6. The van der Waals surface area contributed by atoms with Crippen LogP contribution in [0, 0.1) is 10.1 Å². The third-order valence-corrected chi connectivity index (χ3v) is 5.59. The number of non-ortho nitro benzene ring substituents is 1. The molecule has 0 fully saturated rings. The van der Waals surface area contributed by atoms with E-state index < -0.39 is 11.3 Å². The Morgan fingerprint density at radius 2 is 1.80 bits per heavy atom. The highest BCUT2D eigenvalue weighted by atomic mass is 35.5. The van der Waals surface area contributed by atoms with Crippen molar-refractivity contribution >= 4 is 45.3 Å². The van der Waals surface area contributed by atoms with Crippen LogP contribution in [-0.4, -0.2) is 27.2 Å². The topological polar surface area (TPSA) is 105 Å². The molecule has 0 saturated carbocycles. The monoisotopic (exact) mass is 499 g/mol. The first-order valence-corrected chi connectivity index (χ1v) is 10.4. The smallest absolute Gasteiger partial charge is 0.406 e. The maximum atomic E-state index is 12.5. The quantitative estimate of drug-likeness (QED) is 0.254. The summed E-state index contributed by atoms with van der Waals surface area (Å²) in [7, 11) is 0. The minimum absolute atomic E-state index is 0.199. The Hall–Kier alpha value is -4.38. The highest BCUT2D eigenvalue weighted by Gasteiger charge is 2.31. The summed E-state index contributed by atoms with van der Waals surface area (Å²) in [5, 5.41) is 22.3. The third-order valence-electron chi connectivity index (χ3n) is 5.27. The number of halogens is 4. The number of aromatic amines is 1. The number of ether oxygens (including phenoxy) is 1. The molecule has 0 spiro atoms. The van der Waals surface area contributed by atoms with Crippen molar-refractivity contribution in [3.63, 3.8) is 0 Å². The molecule has 1 aliphatic heterocycles. The normalized spacial score (nSPS) is 13.4. The number of alkyl halides is 3. The minimum Gasteiger partial charge on any atom is -0.406 e. The van der Waals surface area contributed by atoms with E-state index >= 15 is 0 Å². The maximum Gasteiger partial charge on any atom is 0.573 e.